The predicted octanol–water partition coefficient (Wildman–Crippen LogP) is 2.65. The fourth-order valence-corrected chi connectivity index (χ4v) is 2.11. The summed E-state index contributed by atoms with van der Waals surface area (Å²) in [4.78, 5) is 21.6. The smallest absolute Gasteiger partial charge is 0.314 e. The van der Waals surface area contributed by atoms with Crippen molar-refractivity contribution in [1.29, 1.82) is 0 Å². The van der Waals surface area contributed by atoms with E-state index in [0.717, 1.165) is 31.6 Å². The molecule has 0 radical (unpaired) electrons. The van der Waals surface area contributed by atoms with Crippen molar-refractivity contribution in [2.45, 2.75) is 51.6 Å². The molecule has 0 saturated heterocycles. The standard InChI is InChI=1S/C11H17ClO3/c1-2-8-3-5-9(6-4-8)15-11(14)7-10(12)13/h8-9H,2-7H2,1H3. The van der Waals surface area contributed by atoms with Crippen LogP contribution in [-0.2, 0) is 14.3 Å². The minimum absolute atomic E-state index is 0.00341. The van der Waals surface area contributed by atoms with Gasteiger partial charge in [0.15, 0.2) is 0 Å². The van der Waals surface area contributed by atoms with Crippen LogP contribution in [0.25, 0.3) is 0 Å². The summed E-state index contributed by atoms with van der Waals surface area (Å²) in [5.74, 6) is 0.282. The Labute approximate surface area is 95.1 Å². The van der Waals surface area contributed by atoms with Gasteiger partial charge in [-0.05, 0) is 43.2 Å². The third-order valence-electron chi connectivity index (χ3n) is 2.95. The van der Waals surface area contributed by atoms with Crippen LogP contribution < -0.4 is 0 Å². The number of ether oxygens (including phenoxy) is 1. The zero-order valence-electron chi connectivity index (χ0n) is 9.00. The van der Waals surface area contributed by atoms with Crippen LogP contribution in [0.4, 0.5) is 0 Å². The molecule has 15 heavy (non-hydrogen) atoms. The first-order valence-corrected chi connectivity index (χ1v) is 5.87. The monoisotopic (exact) mass is 232 g/mol. The van der Waals surface area contributed by atoms with Crippen LogP contribution >= 0.6 is 11.6 Å². The zero-order valence-corrected chi connectivity index (χ0v) is 9.76. The van der Waals surface area contributed by atoms with E-state index in [0.29, 0.717) is 0 Å². The summed E-state index contributed by atoms with van der Waals surface area (Å²) in [6, 6.07) is 0. The Morgan fingerprint density at radius 2 is 1.87 bits per heavy atom. The van der Waals surface area contributed by atoms with Gasteiger partial charge in [0.05, 0.1) is 0 Å². The quantitative estimate of drug-likeness (QED) is 0.425. The van der Waals surface area contributed by atoms with Gasteiger partial charge in [-0.1, -0.05) is 13.3 Å². The lowest BCUT2D eigenvalue weighted by Gasteiger charge is -2.27. The Morgan fingerprint density at radius 3 is 2.33 bits per heavy atom. The molecule has 0 spiro atoms. The van der Waals surface area contributed by atoms with Crippen molar-refractivity contribution in [3.8, 4) is 0 Å². The summed E-state index contributed by atoms with van der Waals surface area (Å²) in [6.45, 7) is 2.18. The lowest BCUT2D eigenvalue weighted by Crippen LogP contribution is -2.24. The Kier molecular flexibility index (Phi) is 5.09. The number of carbonyl (C=O) groups is 2. The van der Waals surface area contributed by atoms with E-state index in [1.165, 1.54) is 6.42 Å². The summed E-state index contributed by atoms with van der Waals surface area (Å²) in [7, 11) is 0. The third-order valence-corrected chi connectivity index (χ3v) is 3.09. The van der Waals surface area contributed by atoms with Gasteiger partial charge >= 0.3 is 5.97 Å². The van der Waals surface area contributed by atoms with E-state index in [1.54, 1.807) is 0 Å². The number of hydrogen-bond acceptors (Lipinski definition) is 3. The molecule has 0 amide bonds. The van der Waals surface area contributed by atoms with Gasteiger partial charge in [0.25, 0.3) is 0 Å². The average Bonchev–Trinajstić information content (AvgIpc) is 2.17. The van der Waals surface area contributed by atoms with E-state index in [4.69, 9.17) is 16.3 Å². The van der Waals surface area contributed by atoms with Crippen LogP contribution in [0, 0.1) is 5.92 Å². The van der Waals surface area contributed by atoms with E-state index in [2.05, 4.69) is 6.92 Å². The maximum Gasteiger partial charge on any atom is 0.314 e. The summed E-state index contributed by atoms with van der Waals surface area (Å²) in [6.07, 6.45) is 4.95. The molecular formula is C11H17ClO3. The van der Waals surface area contributed by atoms with Crippen molar-refractivity contribution in [2.24, 2.45) is 5.92 Å². The van der Waals surface area contributed by atoms with Gasteiger partial charge < -0.3 is 4.74 Å². The van der Waals surface area contributed by atoms with E-state index in [1.807, 2.05) is 0 Å². The first-order chi connectivity index (χ1) is 7.11. The highest BCUT2D eigenvalue weighted by molar-refractivity contribution is 6.64. The van der Waals surface area contributed by atoms with Crippen LogP contribution in [0.3, 0.4) is 0 Å². The number of esters is 1. The van der Waals surface area contributed by atoms with Crippen molar-refractivity contribution in [1.82, 2.24) is 0 Å². The van der Waals surface area contributed by atoms with Crippen LogP contribution in [-0.4, -0.2) is 17.3 Å². The molecule has 0 aromatic carbocycles. The van der Waals surface area contributed by atoms with Gasteiger partial charge in [0.1, 0.15) is 12.5 Å². The average molecular weight is 233 g/mol. The topological polar surface area (TPSA) is 43.4 Å². The van der Waals surface area contributed by atoms with Gasteiger partial charge in [-0.3, -0.25) is 9.59 Å². The number of halogens is 1. The van der Waals surface area contributed by atoms with E-state index < -0.39 is 11.2 Å². The molecule has 0 aliphatic heterocycles. The zero-order chi connectivity index (χ0) is 11.3. The lowest BCUT2D eigenvalue weighted by atomic mass is 9.86. The molecule has 1 fully saturated rings. The van der Waals surface area contributed by atoms with Gasteiger partial charge in [-0.2, -0.15) is 0 Å². The summed E-state index contributed by atoms with van der Waals surface area (Å²) < 4.78 is 5.15. The summed E-state index contributed by atoms with van der Waals surface area (Å²) in [5.41, 5.74) is 0. The maximum absolute atomic E-state index is 11.1. The molecule has 4 heteroatoms. The molecule has 0 heterocycles. The number of hydrogen-bond donors (Lipinski definition) is 0. The molecule has 0 N–H and O–H groups in total. The Morgan fingerprint density at radius 1 is 1.27 bits per heavy atom. The highest BCUT2D eigenvalue weighted by Gasteiger charge is 2.23. The van der Waals surface area contributed by atoms with Gasteiger partial charge in [0.2, 0.25) is 5.24 Å². The van der Waals surface area contributed by atoms with Gasteiger partial charge in [-0.25, -0.2) is 0 Å². The number of rotatable bonds is 4. The minimum atomic E-state index is -0.651. The van der Waals surface area contributed by atoms with Crippen LogP contribution in [0.1, 0.15) is 45.4 Å². The number of carbonyl (C=O) groups excluding carboxylic acids is 2. The molecule has 0 aromatic heterocycles. The fraction of sp³-hybridized carbons (Fsp3) is 0.818. The second-order valence-corrected chi connectivity index (χ2v) is 4.49. The van der Waals surface area contributed by atoms with E-state index in [9.17, 15) is 9.59 Å². The lowest BCUT2D eigenvalue weighted by molar-refractivity contribution is -0.151. The Balaban J connectivity index is 2.23. The van der Waals surface area contributed by atoms with E-state index >= 15 is 0 Å². The van der Waals surface area contributed by atoms with Gasteiger partial charge in [0, 0.05) is 0 Å². The van der Waals surface area contributed by atoms with Crippen LogP contribution in [0.2, 0.25) is 0 Å². The molecule has 0 atom stereocenters. The molecule has 0 unspecified atom stereocenters. The second-order valence-electron chi connectivity index (χ2n) is 4.07. The Bertz CT molecular complexity index is 232. The van der Waals surface area contributed by atoms with Crippen molar-refractivity contribution in [3.63, 3.8) is 0 Å². The largest absolute Gasteiger partial charge is 0.462 e. The molecule has 1 rings (SSSR count). The normalized spacial score (nSPS) is 26.0. The molecular weight excluding hydrogens is 216 g/mol. The first kappa shape index (κ1) is 12.5. The highest BCUT2D eigenvalue weighted by Crippen LogP contribution is 2.28. The maximum atomic E-state index is 11.1. The van der Waals surface area contributed by atoms with Crippen LogP contribution in [0.15, 0.2) is 0 Å². The first-order valence-electron chi connectivity index (χ1n) is 5.49. The SMILES string of the molecule is CCC1CCC(OC(=O)CC(=O)Cl)CC1. The summed E-state index contributed by atoms with van der Waals surface area (Å²) in [5, 5.41) is -0.651. The molecule has 3 nitrogen and oxygen atoms in total. The van der Waals surface area contributed by atoms with E-state index in [-0.39, 0.29) is 12.5 Å². The molecule has 86 valence electrons. The minimum Gasteiger partial charge on any atom is -0.462 e. The third kappa shape index (κ3) is 4.65. The molecule has 0 aromatic rings. The summed E-state index contributed by atoms with van der Waals surface area (Å²) >= 11 is 5.10. The van der Waals surface area contributed by atoms with Crippen LogP contribution in [0.5, 0.6) is 0 Å². The van der Waals surface area contributed by atoms with Crippen molar-refractivity contribution < 1.29 is 14.3 Å². The molecule has 1 aliphatic carbocycles. The second kappa shape index (κ2) is 6.11. The van der Waals surface area contributed by atoms with Crippen molar-refractivity contribution >= 4 is 22.8 Å². The van der Waals surface area contributed by atoms with Gasteiger partial charge in [-0.15, -0.1) is 0 Å². The molecule has 1 saturated carbocycles. The highest BCUT2D eigenvalue weighted by atomic mass is 35.5. The molecule has 0 bridgehead atoms. The fourth-order valence-electron chi connectivity index (χ4n) is 2.00. The Hall–Kier alpha value is -0.570. The molecule has 1 aliphatic rings. The predicted molar refractivity (Wildman–Crippen MR) is 57.6 cm³/mol. The van der Waals surface area contributed by atoms with Crippen molar-refractivity contribution in [3.05, 3.63) is 0 Å². The van der Waals surface area contributed by atoms with Crippen molar-refractivity contribution in [2.75, 3.05) is 0 Å².